The summed E-state index contributed by atoms with van der Waals surface area (Å²) >= 11 is 0. The summed E-state index contributed by atoms with van der Waals surface area (Å²) in [7, 11) is 1.59. The number of carbonyl (C=O) groups excluding carboxylic acids is 1. The van der Waals surface area contributed by atoms with Crippen LogP contribution in [0.25, 0.3) is 22.6 Å². The van der Waals surface area contributed by atoms with Crippen molar-refractivity contribution in [2.24, 2.45) is 0 Å². The zero-order valence-electron chi connectivity index (χ0n) is 16.5. The maximum atomic E-state index is 12.1. The average Bonchev–Trinajstić information content (AvgIpc) is 3.47. The molecule has 0 unspecified atom stereocenters. The van der Waals surface area contributed by atoms with Crippen molar-refractivity contribution in [3.8, 4) is 28.4 Å². The van der Waals surface area contributed by atoms with Gasteiger partial charge in [-0.05, 0) is 31.2 Å². The number of carbonyl (C=O) groups is 1. The lowest BCUT2D eigenvalue weighted by Crippen LogP contribution is -2.18. The second-order valence-corrected chi connectivity index (χ2v) is 6.29. The number of nitrogens with zero attached hydrogens (tertiary/aromatic N) is 2. The summed E-state index contributed by atoms with van der Waals surface area (Å²) in [5.41, 5.74) is 2.69. The van der Waals surface area contributed by atoms with Crippen LogP contribution in [-0.2, 0) is 0 Å². The summed E-state index contributed by atoms with van der Waals surface area (Å²) < 4.78 is 17.0. The second kappa shape index (κ2) is 8.52. The number of rotatable bonds is 7. The minimum Gasteiger partial charge on any atom is -0.492 e. The summed E-state index contributed by atoms with van der Waals surface area (Å²) in [4.78, 5) is 20.4. The predicted octanol–water partition coefficient (Wildman–Crippen LogP) is 4.50. The Hall–Kier alpha value is -4.07. The Kier molecular flexibility index (Phi) is 5.47. The Balaban J connectivity index is 1.62. The van der Waals surface area contributed by atoms with Gasteiger partial charge >= 0.3 is 0 Å². The molecule has 2 aromatic heterocycles. The number of amides is 1. The maximum absolute atomic E-state index is 12.1. The lowest BCUT2D eigenvalue weighted by Gasteiger charge is -2.11. The molecule has 1 amide bonds. The fourth-order valence-corrected chi connectivity index (χ4v) is 3.01. The summed E-state index contributed by atoms with van der Waals surface area (Å²) in [5.74, 6) is 1.55. The van der Waals surface area contributed by atoms with Crippen LogP contribution in [-0.4, -0.2) is 29.5 Å². The third-order valence-corrected chi connectivity index (χ3v) is 4.41. The van der Waals surface area contributed by atoms with E-state index in [-0.39, 0.29) is 11.9 Å². The van der Waals surface area contributed by atoms with Crippen molar-refractivity contribution >= 4 is 17.6 Å². The monoisotopic (exact) mass is 404 g/mol. The molecule has 8 heteroatoms. The van der Waals surface area contributed by atoms with Gasteiger partial charge in [0.15, 0.2) is 17.9 Å². The highest BCUT2D eigenvalue weighted by atomic mass is 16.5. The Bertz CT molecular complexity index is 1150. The predicted molar refractivity (Wildman–Crippen MR) is 112 cm³/mol. The van der Waals surface area contributed by atoms with Gasteiger partial charge < -0.3 is 24.2 Å². The Labute approximate surface area is 172 Å². The largest absolute Gasteiger partial charge is 0.492 e. The summed E-state index contributed by atoms with van der Waals surface area (Å²) in [6.45, 7) is 2.40. The van der Waals surface area contributed by atoms with Crippen molar-refractivity contribution in [2.45, 2.75) is 6.92 Å². The van der Waals surface area contributed by atoms with Crippen molar-refractivity contribution in [3.05, 3.63) is 66.8 Å². The number of aromatic nitrogens is 2. The van der Waals surface area contributed by atoms with Crippen LogP contribution in [0, 0.1) is 0 Å². The number of oxazole rings is 2. The van der Waals surface area contributed by atoms with Crippen molar-refractivity contribution in [3.63, 3.8) is 0 Å². The van der Waals surface area contributed by atoms with E-state index in [9.17, 15) is 4.79 Å². The smallest absolute Gasteiger partial charge is 0.299 e. The fraction of sp³-hybridized carbons (Fsp3) is 0.136. The van der Waals surface area contributed by atoms with E-state index >= 15 is 0 Å². The van der Waals surface area contributed by atoms with Crippen LogP contribution in [0.3, 0.4) is 0 Å². The van der Waals surface area contributed by atoms with Crippen LogP contribution in [0.4, 0.5) is 11.7 Å². The van der Waals surface area contributed by atoms with Crippen LogP contribution >= 0.6 is 0 Å². The van der Waals surface area contributed by atoms with E-state index in [4.69, 9.17) is 13.6 Å². The van der Waals surface area contributed by atoms with E-state index in [1.54, 1.807) is 31.6 Å². The molecular weight excluding hydrogens is 384 g/mol. The van der Waals surface area contributed by atoms with E-state index in [0.717, 1.165) is 5.56 Å². The molecule has 0 fully saturated rings. The molecule has 2 aromatic carbocycles. The van der Waals surface area contributed by atoms with Gasteiger partial charge in [-0.1, -0.05) is 18.2 Å². The quantitative estimate of drug-likeness (QED) is 0.467. The third kappa shape index (κ3) is 3.88. The first-order valence-electron chi connectivity index (χ1n) is 9.39. The van der Waals surface area contributed by atoms with Gasteiger partial charge in [0.2, 0.25) is 0 Å². The first-order valence-corrected chi connectivity index (χ1v) is 9.39. The normalized spacial score (nSPS) is 10.6. The number of benzene rings is 2. The Morgan fingerprint density at radius 2 is 2.00 bits per heavy atom. The van der Waals surface area contributed by atoms with Crippen molar-refractivity contribution < 1.29 is 18.4 Å². The van der Waals surface area contributed by atoms with E-state index in [1.807, 2.05) is 37.3 Å². The first-order chi connectivity index (χ1) is 14.7. The molecule has 30 heavy (non-hydrogen) atoms. The van der Waals surface area contributed by atoms with Gasteiger partial charge in [-0.15, -0.1) is 0 Å². The highest BCUT2D eigenvalue weighted by Crippen LogP contribution is 2.34. The molecule has 0 aliphatic heterocycles. The Morgan fingerprint density at radius 3 is 2.77 bits per heavy atom. The standard InChI is InChI=1S/C22H20N4O4/c1-3-28-18-10-14(19-11-24-13-29-19)8-9-17(18)26-22-25-12-20(30-22)15-6-4-5-7-16(15)21(27)23-2/h4-13H,3H2,1-2H3,(H,23,27)(H,25,26). The van der Waals surface area contributed by atoms with Gasteiger partial charge in [-0.2, -0.15) is 0 Å². The molecule has 0 spiro atoms. The van der Waals surface area contributed by atoms with Crippen LogP contribution in [0.15, 0.2) is 70.1 Å². The molecule has 152 valence electrons. The lowest BCUT2D eigenvalue weighted by atomic mass is 10.1. The maximum Gasteiger partial charge on any atom is 0.299 e. The van der Waals surface area contributed by atoms with E-state index in [2.05, 4.69) is 20.6 Å². The highest BCUT2D eigenvalue weighted by Gasteiger charge is 2.16. The molecule has 0 aliphatic carbocycles. The molecule has 2 heterocycles. The molecule has 0 aliphatic rings. The lowest BCUT2D eigenvalue weighted by molar-refractivity contribution is 0.0963. The number of hydrogen-bond acceptors (Lipinski definition) is 7. The molecule has 0 bridgehead atoms. The minimum absolute atomic E-state index is 0.196. The summed E-state index contributed by atoms with van der Waals surface area (Å²) in [5, 5.41) is 5.76. The molecule has 0 radical (unpaired) electrons. The van der Waals surface area contributed by atoms with Gasteiger partial charge in [0.05, 0.1) is 30.3 Å². The molecular formula is C22H20N4O4. The van der Waals surface area contributed by atoms with Gasteiger partial charge in [0.25, 0.3) is 11.9 Å². The summed E-state index contributed by atoms with van der Waals surface area (Å²) in [6.07, 6.45) is 4.60. The summed E-state index contributed by atoms with van der Waals surface area (Å²) in [6, 6.07) is 13.1. The van der Waals surface area contributed by atoms with Crippen molar-refractivity contribution in [1.29, 1.82) is 0 Å². The zero-order valence-corrected chi connectivity index (χ0v) is 16.5. The number of anilines is 2. The number of hydrogen-bond donors (Lipinski definition) is 2. The first kappa shape index (κ1) is 19.3. The van der Waals surface area contributed by atoms with Gasteiger partial charge in [0.1, 0.15) is 5.75 Å². The third-order valence-electron chi connectivity index (χ3n) is 4.41. The van der Waals surface area contributed by atoms with E-state index in [1.165, 1.54) is 6.39 Å². The molecule has 0 saturated carbocycles. The van der Waals surface area contributed by atoms with E-state index in [0.29, 0.717) is 40.7 Å². The van der Waals surface area contributed by atoms with Crippen molar-refractivity contribution in [1.82, 2.24) is 15.3 Å². The number of nitrogens with one attached hydrogen (secondary N) is 2. The second-order valence-electron chi connectivity index (χ2n) is 6.29. The average molecular weight is 404 g/mol. The number of ether oxygens (including phenoxy) is 1. The molecule has 4 aromatic rings. The van der Waals surface area contributed by atoms with Gasteiger partial charge in [-0.3, -0.25) is 4.79 Å². The van der Waals surface area contributed by atoms with Crippen molar-refractivity contribution in [2.75, 3.05) is 19.0 Å². The fourth-order valence-electron chi connectivity index (χ4n) is 3.01. The molecule has 0 atom stereocenters. The minimum atomic E-state index is -0.196. The molecule has 0 saturated heterocycles. The Morgan fingerprint density at radius 1 is 1.13 bits per heavy atom. The van der Waals surface area contributed by atoms with Crippen LogP contribution in [0.5, 0.6) is 5.75 Å². The zero-order chi connectivity index (χ0) is 20.9. The topological polar surface area (TPSA) is 102 Å². The van der Waals surface area contributed by atoms with Gasteiger partial charge in [0, 0.05) is 18.2 Å². The molecule has 2 N–H and O–H groups in total. The van der Waals surface area contributed by atoms with Gasteiger partial charge in [-0.25, -0.2) is 9.97 Å². The van der Waals surface area contributed by atoms with E-state index < -0.39 is 0 Å². The van der Waals surface area contributed by atoms with Crippen LogP contribution in [0.2, 0.25) is 0 Å². The highest BCUT2D eigenvalue weighted by molar-refractivity contribution is 6.00. The van der Waals surface area contributed by atoms with Crippen LogP contribution in [0.1, 0.15) is 17.3 Å². The van der Waals surface area contributed by atoms with Crippen LogP contribution < -0.4 is 15.4 Å². The molecule has 4 rings (SSSR count). The molecule has 8 nitrogen and oxygen atoms in total. The SMILES string of the molecule is CCOc1cc(-c2cnco2)ccc1Nc1ncc(-c2ccccc2C(=O)NC)o1.